The molecule has 0 aliphatic rings. The van der Waals surface area contributed by atoms with Crippen molar-refractivity contribution in [2.45, 2.75) is 13.8 Å². The number of hydrogen-bond acceptors (Lipinski definition) is 2. The number of nitrogens with zero attached hydrogens (tertiary/aromatic N) is 1. The van der Waals surface area contributed by atoms with E-state index in [4.69, 9.17) is 0 Å². The summed E-state index contributed by atoms with van der Waals surface area (Å²) in [5.41, 5.74) is 2.73. The van der Waals surface area contributed by atoms with Crippen LogP contribution >= 0.6 is 0 Å². The molecule has 110 valence electrons. The predicted molar refractivity (Wildman–Crippen MR) is 84.1 cm³/mol. The molecule has 1 amide bonds. The molecule has 0 unspecified atom stereocenters. The maximum absolute atomic E-state index is 12.8. The van der Waals surface area contributed by atoms with Crippen molar-refractivity contribution in [3.05, 3.63) is 59.9 Å². The van der Waals surface area contributed by atoms with Crippen LogP contribution in [-0.2, 0) is 4.79 Å². The Hall–Kier alpha value is -2.36. The van der Waals surface area contributed by atoms with E-state index in [0.717, 1.165) is 16.9 Å². The third-order valence-corrected chi connectivity index (χ3v) is 3.22. The van der Waals surface area contributed by atoms with Gasteiger partial charge in [0, 0.05) is 17.9 Å². The molecule has 0 spiro atoms. The van der Waals surface area contributed by atoms with Gasteiger partial charge in [-0.3, -0.25) is 4.79 Å². The van der Waals surface area contributed by atoms with Crippen molar-refractivity contribution >= 4 is 17.3 Å². The molecule has 1 N–H and O–H groups in total. The second kappa shape index (κ2) is 6.88. The lowest BCUT2D eigenvalue weighted by atomic mass is 10.2. The highest BCUT2D eigenvalue weighted by atomic mass is 19.1. The second-order valence-electron chi connectivity index (χ2n) is 4.84. The summed E-state index contributed by atoms with van der Waals surface area (Å²) in [6.45, 7) is 4.72. The lowest BCUT2D eigenvalue weighted by Crippen LogP contribution is -2.35. The Morgan fingerprint density at radius 3 is 2.52 bits per heavy atom. The fourth-order valence-electron chi connectivity index (χ4n) is 2.14. The van der Waals surface area contributed by atoms with E-state index in [1.165, 1.54) is 12.1 Å². The van der Waals surface area contributed by atoms with Crippen LogP contribution in [0, 0.1) is 12.7 Å². The molecule has 0 aliphatic heterocycles. The first kappa shape index (κ1) is 15.0. The smallest absolute Gasteiger partial charge is 0.246 e. The van der Waals surface area contributed by atoms with Gasteiger partial charge in [0.1, 0.15) is 5.82 Å². The fourth-order valence-corrected chi connectivity index (χ4v) is 2.14. The summed E-state index contributed by atoms with van der Waals surface area (Å²) in [7, 11) is 0. The van der Waals surface area contributed by atoms with E-state index in [-0.39, 0.29) is 18.3 Å². The molecule has 0 saturated heterocycles. The van der Waals surface area contributed by atoms with E-state index in [0.29, 0.717) is 6.54 Å². The number of likely N-dealkylation sites (N-methyl/N-ethyl adjacent to an activating group) is 1. The van der Waals surface area contributed by atoms with Crippen molar-refractivity contribution in [2.75, 3.05) is 23.3 Å². The zero-order valence-corrected chi connectivity index (χ0v) is 12.3. The number of carbonyl (C=O) groups excluding carboxylic acids is 1. The van der Waals surface area contributed by atoms with Crippen LogP contribution < -0.4 is 10.2 Å². The van der Waals surface area contributed by atoms with Gasteiger partial charge in [0.15, 0.2) is 0 Å². The maximum Gasteiger partial charge on any atom is 0.246 e. The number of anilines is 2. The molecular weight excluding hydrogens is 267 g/mol. The summed E-state index contributed by atoms with van der Waals surface area (Å²) in [6, 6.07) is 13.8. The topological polar surface area (TPSA) is 32.3 Å². The van der Waals surface area contributed by atoms with Crippen LogP contribution in [0.4, 0.5) is 15.8 Å². The lowest BCUT2D eigenvalue weighted by molar-refractivity contribution is -0.116. The molecule has 0 aliphatic carbocycles. The van der Waals surface area contributed by atoms with Crippen LogP contribution in [-0.4, -0.2) is 19.0 Å². The quantitative estimate of drug-likeness (QED) is 0.911. The Morgan fingerprint density at radius 2 is 1.90 bits per heavy atom. The van der Waals surface area contributed by atoms with Gasteiger partial charge in [0.05, 0.1) is 6.54 Å². The Labute approximate surface area is 124 Å². The molecule has 4 heteroatoms. The maximum atomic E-state index is 12.8. The van der Waals surface area contributed by atoms with E-state index in [2.05, 4.69) is 5.32 Å². The van der Waals surface area contributed by atoms with Crippen molar-refractivity contribution in [1.82, 2.24) is 0 Å². The van der Waals surface area contributed by atoms with Crippen LogP contribution in [0.2, 0.25) is 0 Å². The number of benzene rings is 2. The molecule has 21 heavy (non-hydrogen) atoms. The van der Waals surface area contributed by atoms with Crippen LogP contribution in [0.15, 0.2) is 48.5 Å². The Balaban J connectivity index is 2.02. The number of halogens is 1. The summed E-state index contributed by atoms with van der Waals surface area (Å²) in [6.07, 6.45) is 0. The van der Waals surface area contributed by atoms with Gasteiger partial charge in [-0.2, -0.15) is 0 Å². The third kappa shape index (κ3) is 4.05. The highest BCUT2D eigenvalue weighted by Crippen LogP contribution is 2.16. The first-order chi connectivity index (χ1) is 10.1. The average Bonchev–Trinajstić information content (AvgIpc) is 2.47. The molecule has 0 atom stereocenters. The molecule has 0 aromatic heterocycles. The normalized spacial score (nSPS) is 10.2. The van der Waals surface area contributed by atoms with E-state index in [1.54, 1.807) is 17.0 Å². The Kier molecular flexibility index (Phi) is 4.93. The molecule has 3 nitrogen and oxygen atoms in total. The molecule has 2 rings (SSSR count). The number of carbonyl (C=O) groups is 1. The highest BCUT2D eigenvalue weighted by molar-refractivity contribution is 5.96. The molecule has 2 aromatic carbocycles. The standard InChI is InChI=1S/C17H19FN2O/c1-3-20(16-6-4-5-13(2)11-16)17(21)12-19-15-9-7-14(18)8-10-15/h4-11,19H,3,12H2,1-2H3. The summed E-state index contributed by atoms with van der Waals surface area (Å²) < 4.78 is 12.8. The molecule has 0 radical (unpaired) electrons. The monoisotopic (exact) mass is 286 g/mol. The van der Waals surface area contributed by atoms with E-state index in [9.17, 15) is 9.18 Å². The van der Waals surface area contributed by atoms with Crippen molar-refractivity contribution in [3.8, 4) is 0 Å². The lowest BCUT2D eigenvalue weighted by Gasteiger charge is -2.22. The van der Waals surface area contributed by atoms with Crippen LogP contribution in [0.1, 0.15) is 12.5 Å². The van der Waals surface area contributed by atoms with Gasteiger partial charge in [-0.15, -0.1) is 0 Å². The van der Waals surface area contributed by atoms with Crippen molar-refractivity contribution in [2.24, 2.45) is 0 Å². The number of aryl methyl sites for hydroxylation is 1. The minimum Gasteiger partial charge on any atom is -0.376 e. The summed E-state index contributed by atoms with van der Waals surface area (Å²) in [5, 5.41) is 3.01. The molecule has 0 saturated carbocycles. The summed E-state index contributed by atoms with van der Waals surface area (Å²) in [4.78, 5) is 14.0. The second-order valence-corrected chi connectivity index (χ2v) is 4.84. The van der Waals surface area contributed by atoms with E-state index in [1.807, 2.05) is 38.1 Å². The van der Waals surface area contributed by atoms with Crippen molar-refractivity contribution < 1.29 is 9.18 Å². The van der Waals surface area contributed by atoms with Gasteiger partial charge in [0.25, 0.3) is 0 Å². The summed E-state index contributed by atoms with van der Waals surface area (Å²) in [5.74, 6) is -0.311. The minimum atomic E-state index is -0.290. The van der Waals surface area contributed by atoms with Gasteiger partial charge in [-0.25, -0.2) is 4.39 Å². The molecule has 0 bridgehead atoms. The average molecular weight is 286 g/mol. The third-order valence-electron chi connectivity index (χ3n) is 3.22. The van der Waals surface area contributed by atoms with Gasteiger partial charge in [-0.05, 0) is 55.8 Å². The van der Waals surface area contributed by atoms with E-state index < -0.39 is 0 Å². The van der Waals surface area contributed by atoms with Gasteiger partial charge >= 0.3 is 0 Å². The molecular formula is C17H19FN2O. The van der Waals surface area contributed by atoms with Gasteiger partial charge in [0.2, 0.25) is 5.91 Å². The predicted octanol–water partition coefficient (Wildman–Crippen LogP) is 3.60. The first-order valence-electron chi connectivity index (χ1n) is 6.96. The Bertz CT molecular complexity index is 610. The zero-order chi connectivity index (χ0) is 15.2. The fraction of sp³-hybridized carbons (Fsp3) is 0.235. The van der Waals surface area contributed by atoms with Crippen molar-refractivity contribution in [3.63, 3.8) is 0 Å². The highest BCUT2D eigenvalue weighted by Gasteiger charge is 2.13. The minimum absolute atomic E-state index is 0.0209. The SMILES string of the molecule is CCN(C(=O)CNc1ccc(F)cc1)c1cccc(C)c1. The van der Waals surface area contributed by atoms with Gasteiger partial charge in [-0.1, -0.05) is 12.1 Å². The number of hydrogen-bond donors (Lipinski definition) is 1. The van der Waals surface area contributed by atoms with Gasteiger partial charge < -0.3 is 10.2 Å². The number of nitrogens with one attached hydrogen (secondary N) is 1. The first-order valence-corrected chi connectivity index (χ1v) is 6.96. The Morgan fingerprint density at radius 1 is 1.19 bits per heavy atom. The van der Waals surface area contributed by atoms with E-state index >= 15 is 0 Å². The molecule has 2 aromatic rings. The molecule has 0 fully saturated rings. The van der Waals surface area contributed by atoms with Crippen LogP contribution in [0.3, 0.4) is 0 Å². The van der Waals surface area contributed by atoms with Crippen LogP contribution in [0.25, 0.3) is 0 Å². The zero-order valence-electron chi connectivity index (χ0n) is 12.3. The number of amides is 1. The number of rotatable bonds is 5. The summed E-state index contributed by atoms with van der Waals surface area (Å²) >= 11 is 0. The largest absolute Gasteiger partial charge is 0.376 e. The van der Waals surface area contributed by atoms with Crippen molar-refractivity contribution in [1.29, 1.82) is 0 Å². The van der Waals surface area contributed by atoms with Crippen LogP contribution in [0.5, 0.6) is 0 Å². The molecule has 0 heterocycles.